The van der Waals surface area contributed by atoms with Gasteiger partial charge in [0.2, 0.25) is 0 Å². The van der Waals surface area contributed by atoms with Crippen molar-refractivity contribution in [3.05, 3.63) is 35.8 Å². The maximum absolute atomic E-state index is 4.79. The molecule has 104 valence electrons. The van der Waals surface area contributed by atoms with Gasteiger partial charge in [-0.05, 0) is 26.0 Å². The molecule has 0 aliphatic carbocycles. The summed E-state index contributed by atoms with van der Waals surface area (Å²) in [7, 11) is 0. The summed E-state index contributed by atoms with van der Waals surface area (Å²) in [6, 6.07) is 3.90. The van der Waals surface area contributed by atoms with Crippen LogP contribution in [0.15, 0.2) is 24.5 Å². The lowest BCUT2D eigenvalue weighted by molar-refractivity contribution is 0.583. The van der Waals surface area contributed by atoms with Crippen LogP contribution in [0.25, 0.3) is 11.4 Å². The van der Waals surface area contributed by atoms with Crippen molar-refractivity contribution in [2.45, 2.75) is 13.8 Å². The van der Waals surface area contributed by atoms with E-state index in [2.05, 4.69) is 27.1 Å². The molecule has 1 saturated heterocycles. The summed E-state index contributed by atoms with van der Waals surface area (Å²) in [6.07, 6.45) is 3.55. The molecule has 20 heavy (non-hydrogen) atoms. The predicted molar refractivity (Wildman–Crippen MR) is 79.8 cm³/mol. The molecule has 2 aromatic rings. The summed E-state index contributed by atoms with van der Waals surface area (Å²) in [5, 5.41) is 3.37. The fourth-order valence-corrected chi connectivity index (χ4v) is 2.43. The molecule has 0 unspecified atom stereocenters. The highest BCUT2D eigenvalue weighted by atomic mass is 15.2. The standard InChI is InChI=1S/C15H19N5/c1-11-12(2)18-14(13-3-5-16-6-4-13)19-15(11)20-9-7-17-8-10-20/h3-6,17H,7-10H2,1-2H3. The Morgan fingerprint density at radius 2 is 1.75 bits per heavy atom. The van der Waals surface area contributed by atoms with Gasteiger partial charge in [0.1, 0.15) is 5.82 Å². The van der Waals surface area contributed by atoms with E-state index in [1.165, 1.54) is 5.56 Å². The molecule has 0 spiro atoms. The van der Waals surface area contributed by atoms with Gasteiger partial charge in [0.05, 0.1) is 0 Å². The average molecular weight is 269 g/mol. The number of anilines is 1. The normalized spacial score (nSPS) is 15.4. The molecule has 1 fully saturated rings. The molecule has 2 aromatic heterocycles. The SMILES string of the molecule is Cc1nc(-c2ccncc2)nc(N2CCNCC2)c1C. The Morgan fingerprint density at radius 3 is 2.45 bits per heavy atom. The monoisotopic (exact) mass is 269 g/mol. The fraction of sp³-hybridized carbons (Fsp3) is 0.400. The predicted octanol–water partition coefficient (Wildman–Crippen LogP) is 1.57. The summed E-state index contributed by atoms with van der Waals surface area (Å²) in [5.74, 6) is 1.84. The van der Waals surface area contributed by atoms with E-state index in [9.17, 15) is 0 Å². The topological polar surface area (TPSA) is 53.9 Å². The molecule has 0 bridgehead atoms. The zero-order chi connectivity index (χ0) is 13.9. The number of aromatic nitrogens is 3. The van der Waals surface area contributed by atoms with Crippen molar-refractivity contribution in [1.29, 1.82) is 0 Å². The fourth-order valence-electron chi connectivity index (χ4n) is 2.43. The number of nitrogens with one attached hydrogen (secondary N) is 1. The molecule has 0 atom stereocenters. The van der Waals surface area contributed by atoms with Gasteiger partial charge in [0, 0.05) is 55.4 Å². The Balaban J connectivity index is 2.03. The van der Waals surface area contributed by atoms with E-state index in [1.807, 2.05) is 19.1 Å². The van der Waals surface area contributed by atoms with Crippen LogP contribution in [0.5, 0.6) is 0 Å². The first-order valence-electron chi connectivity index (χ1n) is 6.97. The maximum atomic E-state index is 4.79. The van der Waals surface area contributed by atoms with Crippen molar-refractivity contribution >= 4 is 5.82 Å². The van der Waals surface area contributed by atoms with Gasteiger partial charge >= 0.3 is 0 Å². The maximum Gasteiger partial charge on any atom is 0.161 e. The lowest BCUT2D eigenvalue weighted by atomic mass is 10.2. The number of nitrogens with zero attached hydrogens (tertiary/aromatic N) is 4. The summed E-state index contributed by atoms with van der Waals surface area (Å²) >= 11 is 0. The minimum atomic E-state index is 0.782. The molecule has 3 heterocycles. The largest absolute Gasteiger partial charge is 0.354 e. The second-order valence-corrected chi connectivity index (χ2v) is 5.05. The molecule has 5 nitrogen and oxygen atoms in total. The summed E-state index contributed by atoms with van der Waals surface area (Å²) < 4.78 is 0. The highest BCUT2D eigenvalue weighted by Crippen LogP contribution is 2.24. The van der Waals surface area contributed by atoms with Crippen LogP contribution in [0.3, 0.4) is 0 Å². The number of aryl methyl sites for hydroxylation is 1. The van der Waals surface area contributed by atoms with E-state index in [1.54, 1.807) is 12.4 Å². The van der Waals surface area contributed by atoms with Gasteiger partial charge in [-0.2, -0.15) is 0 Å². The molecule has 1 N–H and O–H groups in total. The van der Waals surface area contributed by atoms with Gasteiger partial charge in [-0.15, -0.1) is 0 Å². The second kappa shape index (κ2) is 5.54. The molecule has 0 radical (unpaired) electrons. The van der Waals surface area contributed by atoms with Gasteiger partial charge in [-0.3, -0.25) is 4.98 Å². The molecule has 0 amide bonds. The van der Waals surface area contributed by atoms with Crippen LogP contribution >= 0.6 is 0 Å². The van der Waals surface area contributed by atoms with Crippen LogP contribution in [0.4, 0.5) is 5.82 Å². The molecule has 1 aliphatic heterocycles. The van der Waals surface area contributed by atoms with E-state index in [0.717, 1.165) is 49.1 Å². The van der Waals surface area contributed by atoms with E-state index in [4.69, 9.17) is 4.98 Å². The molecule has 0 aromatic carbocycles. The van der Waals surface area contributed by atoms with Gasteiger partial charge in [0.15, 0.2) is 5.82 Å². The Morgan fingerprint density at radius 1 is 1.05 bits per heavy atom. The number of rotatable bonds is 2. The van der Waals surface area contributed by atoms with Gasteiger partial charge in [-0.1, -0.05) is 0 Å². The number of hydrogen-bond donors (Lipinski definition) is 1. The molecule has 5 heteroatoms. The van der Waals surface area contributed by atoms with Crippen LogP contribution < -0.4 is 10.2 Å². The zero-order valence-electron chi connectivity index (χ0n) is 11.9. The van der Waals surface area contributed by atoms with E-state index < -0.39 is 0 Å². The highest BCUT2D eigenvalue weighted by molar-refractivity contribution is 5.60. The third kappa shape index (κ3) is 2.49. The minimum Gasteiger partial charge on any atom is -0.354 e. The molecule has 3 rings (SSSR count). The minimum absolute atomic E-state index is 0.782. The number of hydrogen-bond acceptors (Lipinski definition) is 5. The van der Waals surface area contributed by atoms with Crippen molar-refractivity contribution in [3.63, 3.8) is 0 Å². The third-order valence-electron chi connectivity index (χ3n) is 3.72. The van der Waals surface area contributed by atoms with Crippen molar-refractivity contribution in [2.75, 3.05) is 31.1 Å². The van der Waals surface area contributed by atoms with E-state index >= 15 is 0 Å². The highest BCUT2D eigenvalue weighted by Gasteiger charge is 2.17. The summed E-state index contributed by atoms with van der Waals surface area (Å²) in [5.41, 5.74) is 3.23. The zero-order valence-corrected chi connectivity index (χ0v) is 11.9. The molecular formula is C15H19N5. The third-order valence-corrected chi connectivity index (χ3v) is 3.72. The molecule has 1 aliphatic rings. The quantitative estimate of drug-likeness (QED) is 0.896. The van der Waals surface area contributed by atoms with Gasteiger partial charge in [0.25, 0.3) is 0 Å². The lowest BCUT2D eigenvalue weighted by Crippen LogP contribution is -2.44. The first-order chi connectivity index (χ1) is 9.75. The van der Waals surface area contributed by atoms with Crippen molar-refractivity contribution < 1.29 is 0 Å². The molecule has 0 saturated carbocycles. The van der Waals surface area contributed by atoms with Crippen LogP contribution in [0.1, 0.15) is 11.3 Å². The van der Waals surface area contributed by atoms with Crippen LogP contribution in [0.2, 0.25) is 0 Å². The van der Waals surface area contributed by atoms with Crippen molar-refractivity contribution in [1.82, 2.24) is 20.3 Å². The van der Waals surface area contributed by atoms with E-state index in [0.29, 0.717) is 0 Å². The number of pyridine rings is 1. The first kappa shape index (κ1) is 13.0. The lowest BCUT2D eigenvalue weighted by Gasteiger charge is -2.30. The van der Waals surface area contributed by atoms with Crippen LogP contribution in [-0.4, -0.2) is 41.1 Å². The van der Waals surface area contributed by atoms with Crippen molar-refractivity contribution in [2.24, 2.45) is 0 Å². The summed E-state index contributed by atoms with van der Waals surface area (Å²) in [6.45, 7) is 8.15. The Labute approximate surface area is 119 Å². The van der Waals surface area contributed by atoms with Crippen LogP contribution in [-0.2, 0) is 0 Å². The Kier molecular flexibility index (Phi) is 3.60. The molecular weight excluding hydrogens is 250 g/mol. The van der Waals surface area contributed by atoms with E-state index in [-0.39, 0.29) is 0 Å². The summed E-state index contributed by atoms with van der Waals surface area (Å²) in [4.78, 5) is 15.8. The van der Waals surface area contributed by atoms with Gasteiger partial charge in [-0.25, -0.2) is 9.97 Å². The van der Waals surface area contributed by atoms with Gasteiger partial charge < -0.3 is 10.2 Å². The average Bonchev–Trinajstić information content (AvgIpc) is 2.51. The second-order valence-electron chi connectivity index (χ2n) is 5.05. The number of piperazine rings is 1. The Bertz CT molecular complexity index is 591. The smallest absolute Gasteiger partial charge is 0.161 e. The van der Waals surface area contributed by atoms with Crippen LogP contribution in [0, 0.1) is 13.8 Å². The Hall–Kier alpha value is -2.01. The van der Waals surface area contributed by atoms with Crippen molar-refractivity contribution in [3.8, 4) is 11.4 Å². The first-order valence-corrected chi connectivity index (χ1v) is 6.97.